The van der Waals surface area contributed by atoms with Crippen molar-refractivity contribution in [3.8, 4) is 0 Å². The fraction of sp³-hybridized carbons (Fsp3) is 0.300. The fourth-order valence-electron chi connectivity index (χ4n) is 1.05. The predicted molar refractivity (Wildman–Crippen MR) is 69.7 cm³/mol. The van der Waals surface area contributed by atoms with Crippen molar-refractivity contribution in [2.75, 3.05) is 6.54 Å². The molecule has 0 heterocycles. The zero-order chi connectivity index (χ0) is 11.4. The van der Waals surface area contributed by atoms with Gasteiger partial charge in [0.1, 0.15) is 0 Å². The van der Waals surface area contributed by atoms with E-state index in [-0.39, 0.29) is 24.4 Å². The summed E-state index contributed by atoms with van der Waals surface area (Å²) in [5, 5.41) is 3.60. The summed E-state index contributed by atoms with van der Waals surface area (Å²) >= 11 is 11.6. The highest BCUT2D eigenvalue weighted by Crippen LogP contribution is 2.18. The van der Waals surface area contributed by atoms with Crippen molar-refractivity contribution in [3.05, 3.63) is 33.8 Å². The standard InChI is InChI=1S/C10H12Cl2N2O.ClH/c1-6(5-13)14-10(15)7-2-8(11)4-9(12)3-7;/h2-4,6H,5,13H2,1H3,(H,14,15);1H/t6-;/m0./s1. The molecule has 3 N–H and O–H groups in total. The fourth-order valence-corrected chi connectivity index (χ4v) is 1.58. The molecule has 0 fully saturated rings. The van der Waals surface area contributed by atoms with E-state index in [0.29, 0.717) is 22.2 Å². The molecule has 0 saturated carbocycles. The van der Waals surface area contributed by atoms with Gasteiger partial charge in [-0.1, -0.05) is 23.2 Å². The average molecular weight is 284 g/mol. The monoisotopic (exact) mass is 282 g/mol. The zero-order valence-electron chi connectivity index (χ0n) is 8.67. The third-order valence-electron chi connectivity index (χ3n) is 1.86. The lowest BCUT2D eigenvalue weighted by atomic mass is 10.2. The van der Waals surface area contributed by atoms with Gasteiger partial charge in [0.2, 0.25) is 0 Å². The molecule has 1 aromatic carbocycles. The van der Waals surface area contributed by atoms with Crippen molar-refractivity contribution < 1.29 is 4.79 Å². The highest BCUT2D eigenvalue weighted by atomic mass is 35.5. The van der Waals surface area contributed by atoms with E-state index in [1.165, 1.54) is 0 Å². The molecule has 0 bridgehead atoms. The Morgan fingerprint density at radius 2 is 1.88 bits per heavy atom. The van der Waals surface area contributed by atoms with E-state index in [1.54, 1.807) is 18.2 Å². The van der Waals surface area contributed by atoms with Crippen LogP contribution in [0.3, 0.4) is 0 Å². The summed E-state index contributed by atoms with van der Waals surface area (Å²) in [6.45, 7) is 2.21. The molecule has 0 unspecified atom stereocenters. The number of hydrogen-bond acceptors (Lipinski definition) is 2. The van der Waals surface area contributed by atoms with E-state index in [2.05, 4.69) is 5.32 Å². The number of amides is 1. The summed E-state index contributed by atoms with van der Waals surface area (Å²) in [4.78, 5) is 11.6. The van der Waals surface area contributed by atoms with Crippen LogP contribution in [0.2, 0.25) is 10.0 Å². The van der Waals surface area contributed by atoms with Gasteiger partial charge in [-0.15, -0.1) is 12.4 Å². The average Bonchev–Trinajstić information content (AvgIpc) is 2.16. The number of carbonyl (C=O) groups excluding carboxylic acids is 1. The summed E-state index contributed by atoms with van der Waals surface area (Å²) in [7, 11) is 0. The summed E-state index contributed by atoms with van der Waals surface area (Å²) < 4.78 is 0. The molecule has 6 heteroatoms. The number of halogens is 3. The molecule has 1 amide bonds. The van der Waals surface area contributed by atoms with Crippen molar-refractivity contribution >= 4 is 41.5 Å². The molecule has 0 radical (unpaired) electrons. The Morgan fingerprint density at radius 3 is 2.31 bits per heavy atom. The quantitative estimate of drug-likeness (QED) is 0.895. The Kier molecular flexibility index (Phi) is 6.76. The van der Waals surface area contributed by atoms with Crippen molar-refractivity contribution in [1.29, 1.82) is 0 Å². The van der Waals surface area contributed by atoms with E-state index >= 15 is 0 Å². The zero-order valence-corrected chi connectivity index (χ0v) is 11.0. The van der Waals surface area contributed by atoms with Gasteiger partial charge in [0, 0.05) is 28.2 Å². The van der Waals surface area contributed by atoms with Crippen LogP contribution >= 0.6 is 35.6 Å². The lowest BCUT2D eigenvalue weighted by molar-refractivity contribution is 0.0941. The van der Waals surface area contributed by atoms with Gasteiger partial charge in [0.25, 0.3) is 5.91 Å². The summed E-state index contributed by atoms with van der Waals surface area (Å²) in [5.41, 5.74) is 5.83. The van der Waals surface area contributed by atoms with E-state index in [9.17, 15) is 4.79 Å². The van der Waals surface area contributed by atoms with Crippen LogP contribution in [0.15, 0.2) is 18.2 Å². The van der Waals surface area contributed by atoms with Gasteiger partial charge in [0.15, 0.2) is 0 Å². The van der Waals surface area contributed by atoms with E-state index in [1.807, 2.05) is 6.92 Å². The first kappa shape index (κ1) is 15.5. The van der Waals surface area contributed by atoms with Crippen LogP contribution < -0.4 is 11.1 Å². The molecule has 90 valence electrons. The largest absolute Gasteiger partial charge is 0.348 e. The molecule has 0 aromatic heterocycles. The van der Waals surface area contributed by atoms with Gasteiger partial charge in [-0.2, -0.15) is 0 Å². The molecule has 0 saturated heterocycles. The maximum Gasteiger partial charge on any atom is 0.251 e. The molecular weight excluding hydrogens is 270 g/mol. The number of benzene rings is 1. The van der Waals surface area contributed by atoms with Gasteiger partial charge >= 0.3 is 0 Å². The first-order valence-corrected chi connectivity index (χ1v) is 5.25. The van der Waals surface area contributed by atoms with E-state index in [0.717, 1.165) is 0 Å². The number of nitrogens with two attached hydrogens (primary N) is 1. The lowest BCUT2D eigenvalue weighted by Crippen LogP contribution is -2.37. The number of nitrogens with one attached hydrogen (secondary N) is 1. The minimum absolute atomic E-state index is 0. The maximum absolute atomic E-state index is 11.6. The lowest BCUT2D eigenvalue weighted by Gasteiger charge is -2.11. The molecule has 0 spiro atoms. The van der Waals surface area contributed by atoms with Crippen LogP contribution in [0, 0.1) is 0 Å². The van der Waals surface area contributed by atoms with Crippen molar-refractivity contribution in [2.24, 2.45) is 5.73 Å². The van der Waals surface area contributed by atoms with Crippen molar-refractivity contribution in [3.63, 3.8) is 0 Å². The predicted octanol–water partition coefficient (Wildman–Crippen LogP) is 2.49. The van der Waals surface area contributed by atoms with Crippen LogP contribution in [0.4, 0.5) is 0 Å². The smallest absolute Gasteiger partial charge is 0.251 e. The summed E-state index contributed by atoms with van der Waals surface area (Å²) in [6, 6.07) is 4.62. The molecule has 3 nitrogen and oxygen atoms in total. The summed E-state index contributed by atoms with van der Waals surface area (Å²) in [6.07, 6.45) is 0. The highest BCUT2D eigenvalue weighted by molar-refractivity contribution is 6.35. The highest BCUT2D eigenvalue weighted by Gasteiger charge is 2.09. The van der Waals surface area contributed by atoms with Gasteiger partial charge in [-0.25, -0.2) is 0 Å². The van der Waals surface area contributed by atoms with Crippen LogP contribution in [0.5, 0.6) is 0 Å². The van der Waals surface area contributed by atoms with E-state index < -0.39 is 0 Å². The minimum Gasteiger partial charge on any atom is -0.348 e. The number of carbonyl (C=O) groups is 1. The maximum atomic E-state index is 11.6. The Hall–Kier alpha value is -0.480. The van der Waals surface area contributed by atoms with Gasteiger partial charge < -0.3 is 11.1 Å². The van der Waals surface area contributed by atoms with Crippen LogP contribution in [-0.2, 0) is 0 Å². The van der Waals surface area contributed by atoms with Crippen molar-refractivity contribution in [2.45, 2.75) is 13.0 Å². The topological polar surface area (TPSA) is 55.1 Å². The SMILES string of the molecule is C[C@@H](CN)NC(=O)c1cc(Cl)cc(Cl)c1.Cl. The van der Waals surface area contributed by atoms with Gasteiger partial charge in [-0.05, 0) is 25.1 Å². The Bertz CT molecular complexity index is 351. The Morgan fingerprint density at radius 1 is 1.38 bits per heavy atom. The molecule has 0 aliphatic rings. The molecule has 1 rings (SSSR count). The van der Waals surface area contributed by atoms with E-state index in [4.69, 9.17) is 28.9 Å². The molecular formula is C10H13Cl3N2O. The van der Waals surface area contributed by atoms with Gasteiger partial charge in [-0.3, -0.25) is 4.79 Å². The molecule has 1 atom stereocenters. The number of hydrogen-bond donors (Lipinski definition) is 2. The second-order valence-corrected chi connectivity index (χ2v) is 4.14. The minimum atomic E-state index is -0.225. The first-order valence-electron chi connectivity index (χ1n) is 4.50. The molecule has 1 aromatic rings. The second-order valence-electron chi connectivity index (χ2n) is 3.27. The second kappa shape index (κ2) is 6.97. The van der Waals surface area contributed by atoms with Gasteiger partial charge in [0.05, 0.1) is 0 Å². The molecule has 0 aliphatic heterocycles. The third-order valence-corrected chi connectivity index (χ3v) is 2.29. The van der Waals surface area contributed by atoms with Crippen molar-refractivity contribution in [1.82, 2.24) is 5.32 Å². The van der Waals surface area contributed by atoms with Crippen LogP contribution in [0.25, 0.3) is 0 Å². The number of rotatable bonds is 3. The third kappa shape index (κ3) is 4.58. The molecule has 16 heavy (non-hydrogen) atoms. The summed E-state index contributed by atoms with van der Waals surface area (Å²) in [5.74, 6) is -0.225. The van der Waals surface area contributed by atoms with Crippen LogP contribution in [0.1, 0.15) is 17.3 Å². The Balaban J connectivity index is 0.00000225. The Labute approximate surface area is 111 Å². The molecule has 0 aliphatic carbocycles. The van der Waals surface area contributed by atoms with Crippen LogP contribution in [-0.4, -0.2) is 18.5 Å². The normalized spacial score (nSPS) is 11.5. The first-order chi connectivity index (χ1) is 7.02.